The first-order chi connectivity index (χ1) is 7.12. The molecule has 0 aliphatic rings. The smallest absolute Gasteiger partial charge is 0.242 e. The fourth-order valence-corrected chi connectivity index (χ4v) is 3.01. The molecule has 0 saturated carbocycles. The van der Waals surface area contributed by atoms with Crippen LogP contribution in [0.1, 0.15) is 41.5 Å². The summed E-state index contributed by atoms with van der Waals surface area (Å²) in [6.45, 7) is 8.61. The van der Waals surface area contributed by atoms with E-state index in [9.17, 15) is 16.8 Å². The molecule has 0 aliphatic heterocycles. The third-order valence-corrected chi connectivity index (χ3v) is 3.61. The Balaban J connectivity index is 4.86. The average Bonchev–Trinajstić information content (AvgIpc) is 1.65. The average molecular weight is 290 g/mol. The van der Waals surface area contributed by atoms with Gasteiger partial charge in [-0.05, 0) is 41.5 Å². The summed E-state index contributed by atoms with van der Waals surface area (Å²) in [7, 11) is -9.36. The largest absolute Gasteiger partial charge is 0.416 e. The molecule has 0 aromatic heterocycles. The molecular weight excluding hydrogens is 272 g/mol. The van der Waals surface area contributed by atoms with Crippen LogP contribution in [0.4, 0.5) is 0 Å². The minimum absolute atomic E-state index is 1.10. The Kier molecular flexibility index (Phi) is 4.74. The number of hydrogen-bond donors (Lipinski definition) is 0. The Morgan fingerprint density at radius 3 is 1.06 bits per heavy atom. The van der Waals surface area contributed by atoms with Gasteiger partial charge in [-0.3, -0.25) is 0 Å². The maximum atomic E-state index is 11.2. The van der Waals surface area contributed by atoms with Gasteiger partial charge in [0.2, 0.25) is 0 Å². The Morgan fingerprint density at radius 2 is 0.882 bits per heavy atom. The molecule has 104 valence electrons. The summed E-state index contributed by atoms with van der Waals surface area (Å²) in [5, 5.41) is 0. The quantitative estimate of drug-likeness (QED) is 0.765. The van der Waals surface area contributed by atoms with Crippen molar-refractivity contribution in [1.29, 1.82) is 0 Å². The lowest BCUT2D eigenvalue weighted by Crippen LogP contribution is -2.31. The molecule has 0 heterocycles. The summed E-state index contributed by atoms with van der Waals surface area (Å²) >= 11 is 0. The molecule has 0 aromatic carbocycles. The van der Waals surface area contributed by atoms with Crippen LogP contribution in [0.5, 0.6) is 0 Å². The van der Waals surface area contributed by atoms with Crippen LogP contribution >= 0.6 is 0 Å². The van der Waals surface area contributed by atoms with Crippen molar-refractivity contribution in [3.8, 4) is 0 Å². The van der Waals surface area contributed by atoms with Gasteiger partial charge in [-0.15, -0.1) is 3.63 Å². The number of rotatable bonds is 4. The van der Waals surface area contributed by atoms with E-state index in [-0.39, 0.29) is 0 Å². The van der Waals surface area contributed by atoms with E-state index in [1.54, 1.807) is 0 Å². The zero-order valence-electron chi connectivity index (χ0n) is 10.7. The predicted molar refractivity (Wildman–Crippen MR) is 60.6 cm³/mol. The van der Waals surface area contributed by atoms with Crippen molar-refractivity contribution in [1.82, 2.24) is 0 Å². The molecule has 9 heteroatoms. The van der Waals surface area contributed by atoms with E-state index in [0.717, 1.165) is 0 Å². The van der Waals surface area contributed by atoms with Crippen LogP contribution in [0, 0.1) is 0 Å². The first-order valence-corrected chi connectivity index (χ1v) is 7.41. The van der Waals surface area contributed by atoms with Gasteiger partial charge in [0.05, 0.1) is 11.2 Å². The topological polar surface area (TPSA) is 96.0 Å². The summed E-state index contributed by atoms with van der Waals surface area (Å²) in [5.41, 5.74) is -2.20. The molecule has 0 atom stereocenters. The van der Waals surface area contributed by atoms with Gasteiger partial charge in [0.1, 0.15) is 0 Å². The summed E-state index contributed by atoms with van der Waals surface area (Å²) in [5.74, 6) is 0. The standard InChI is InChI=1S/C8H18O7S2/c1-7(2,3)13-16(9,10)15-17(11,12)14-8(4,5)6/h1-6H3. The molecule has 0 amide bonds. The highest BCUT2D eigenvalue weighted by Gasteiger charge is 2.32. The zero-order chi connectivity index (χ0) is 14.1. The molecule has 0 fully saturated rings. The number of hydrogen-bond acceptors (Lipinski definition) is 7. The van der Waals surface area contributed by atoms with Crippen LogP contribution in [0.3, 0.4) is 0 Å². The van der Waals surface area contributed by atoms with Crippen LogP contribution in [-0.2, 0) is 32.8 Å². The third-order valence-electron chi connectivity index (χ3n) is 0.871. The highest BCUT2D eigenvalue weighted by molar-refractivity contribution is 7.95. The lowest BCUT2D eigenvalue weighted by Gasteiger charge is -2.20. The van der Waals surface area contributed by atoms with Gasteiger partial charge in [-0.25, -0.2) is 8.37 Å². The fraction of sp³-hybridized carbons (Fsp3) is 1.00. The summed E-state index contributed by atoms with van der Waals surface area (Å²) < 4.78 is 57.8. The van der Waals surface area contributed by atoms with Crippen LogP contribution in [-0.4, -0.2) is 28.0 Å². The lowest BCUT2D eigenvalue weighted by molar-refractivity contribution is 0.102. The van der Waals surface area contributed by atoms with E-state index >= 15 is 0 Å². The summed E-state index contributed by atoms with van der Waals surface area (Å²) in [6, 6.07) is 0. The fourth-order valence-electron chi connectivity index (χ4n) is 0.742. The highest BCUT2D eigenvalue weighted by atomic mass is 32.3. The Hall–Kier alpha value is -0.220. The minimum Gasteiger partial charge on any atom is -0.242 e. The second-order valence-electron chi connectivity index (χ2n) is 5.28. The van der Waals surface area contributed by atoms with Crippen molar-refractivity contribution in [2.24, 2.45) is 0 Å². The molecule has 0 N–H and O–H groups in total. The van der Waals surface area contributed by atoms with Gasteiger partial charge in [0.25, 0.3) is 0 Å². The molecule has 0 unspecified atom stereocenters. The minimum atomic E-state index is -4.68. The van der Waals surface area contributed by atoms with E-state index in [1.807, 2.05) is 0 Å². The van der Waals surface area contributed by atoms with Crippen molar-refractivity contribution in [3.05, 3.63) is 0 Å². The van der Waals surface area contributed by atoms with Gasteiger partial charge < -0.3 is 0 Å². The van der Waals surface area contributed by atoms with Gasteiger partial charge >= 0.3 is 20.8 Å². The van der Waals surface area contributed by atoms with E-state index in [2.05, 4.69) is 12.0 Å². The molecule has 0 rings (SSSR count). The third kappa shape index (κ3) is 9.48. The molecule has 0 aromatic rings. The van der Waals surface area contributed by atoms with Gasteiger partial charge in [0.15, 0.2) is 0 Å². The maximum absolute atomic E-state index is 11.2. The van der Waals surface area contributed by atoms with Crippen molar-refractivity contribution in [2.45, 2.75) is 52.7 Å². The highest BCUT2D eigenvalue weighted by Crippen LogP contribution is 2.18. The van der Waals surface area contributed by atoms with Crippen molar-refractivity contribution in [2.75, 3.05) is 0 Å². The van der Waals surface area contributed by atoms with Crippen molar-refractivity contribution in [3.63, 3.8) is 0 Å². The molecule has 0 aliphatic carbocycles. The Labute approximate surface area is 103 Å². The SMILES string of the molecule is CC(C)(C)OS(=O)(=O)OS(=O)(=O)OC(C)(C)C. The molecular formula is C8H18O7S2. The lowest BCUT2D eigenvalue weighted by atomic mass is 10.2. The molecule has 0 saturated heterocycles. The van der Waals surface area contributed by atoms with Crippen LogP contribution in [0.15, 0.2) is 0 Å². The molecule has 7 nitrogen and oxygen atoms in total. The molecule has 0 radical (unpaired) electrons. The van der Waals surface area contributed by atoms with Crippen molar-refractivity contribution < 1.29 is 28.8 Å². The normalized spacial score (nSPS) is 14.9. The maximum Gasteiger partial charge on any atom is 0.416 e. The summed E-state index contributed by atoms with van der Waals surface area (Å²) in [4.78, 5) is 0. The Bertz CT molecular complexity index is 403. The molecule has 17 heavy (non-hydrogen) atoms. The first kappa shape index (κ1) is 16.8. The van der Waals surface area contributed by atoms with E-state index < -0.39 is 32.0 Å². The van der Waals surface area contributed by atoms with Gasteiger partial charge in [0, 0.05) is 0 Å². The monoisotopic (exact) mass is 290 g/mol. The van der Waals surface area contributed by atoms with E-state index in [1.165, 1.54) is 41.5 Å². The molecule has 0 bridgehead atoms. The van der Waals surface area contributed by atoms with Crippen molar-refractivity contribution >= 4 is 20.8 Å². The zero-order valence-corrected chi connectivity index (χ0v) is 12.3. The van der Waals surface area contributed by atoms with Crippen LogP contribution in [0.2, 0.25) is 0 Å². The molecule has 0 spiro atoms. The van der Waals surface area contributed by atoms with E-state index in [4.69, 9.17) is 0 Å². The second-order valence-corrected chi connectivity index (χ2v) is 7.79. The second kappa shape index (κ2) is 4.81. The van der Waals surface area contributed by atoms with E-state index in [0.29, 0.717) is 0 Å². The Morgan fingerprint density at radius 1 is 0.647 bits per heavy atom. The van der Waals surface area contributed by atoms with Crippen LogP contribution < -0.4 is 0 Å². The predicted octanol–water partition coefficient (Wildman–Crippen LogP) is 1.12. The van der Waals surface area contributed by atoms with Gasteiger partial charge in [-0.1, -0.05) is 0 Å². The first-order valence-electron chi connectivity index (χ1n) is 4.74. The summed E-state index contributed by atoms with van der Waals surface area (Å²) in [6.07, 6.45) is 0. The van der Waals surface area contributed by atoms with Gasteiger partial charge in [-0.2, -0.15) is 16.8 Å². The van der Waals surface area contributed by atoms with Crippen LogP contribution in [0.25, 0.3) is 0 Å².